The lowest BCUT2D eigenvalue weighted by molar-refractivity contribution is -0.115. The van der Waals surface area contributed by atoms with Gasteiger partial charge in [0.1, 0.15) is 5.82 Å². The van der Waals surface area contributed by atoms with E-state index in [-0.39, 0.29) is 11.6 Å². The zero-order valence-corrected chi connectivity index (χ0v) is 13.2. The van der Waals surface area contributed by atoms with Crippen molar-refractivity contribution in [1.29, 1.82) is 0 Å². The quantitative estimate of drug-likeness (QED) is 0.778. The third kappa shape index (κ3) is 5.12. The van der Waals surface area contributed by atoms with E-state index in [0.29, 0.717) is 16.4 Å². The minimum absolute atomic E-state index is 0.208. The predicted octanol–water partition coefficient (Wildman–Crippen LogP) is 3.89. The average molecular weight is 356 g/mol. The summed E-state index contributed by atoms with van der Waals surface area (Å²) < 4.78 is 12.7. The molecule has 0 aliphatic carbocycles. The Bertz CT molecular complexity index is 723. The van der Waals surface area contributed by atoms with E-state index in [0.717, 1.165) is 0 Å². The summed E-state index contributed by atoms with van der Waals surface area (Å²) in [5.74, 6) is -0.858. The molecule has 0 unspecified atom stereocenters. The molecule has 0 aromatic heterocycles. The van der Waals surface area contributed by atoms with E-state index in [9.17, 15) is 14.0 Å². The molecular formula is C15H12Cl2FN3O2. The lowest BCUT2D eigenvalue weighted by atomic mass is 10.3. The van der Waals surface area contributed by atoms with Gasteiger partial charge in [-0.15, -0.1) is 0 Å². The Labute approximate surface area is 141 Å². The molecule has 0 saturated heterocycles. The zero-order chi connectivity index (χ0) is 16.8. The molecule has 2 rings (SSSR count). The van der Waals surface area contributed by atoms with Gasteiger partial charge in [0.25, 0.3) is 0 Å². The molecule has 0 radical (unpaired) electrons. The summed E-state index contributed by atoms with van der Waals surface area (Å²) in [6.07, 6.45) is 0. The van der Waals surface area contributed by atoms with Crippen LogP contribution >= 0.6 is 23.2 Å². The first kappa shape index (κ1) is 17.1. The van der Waals surface area contributed by atoms with Gasteiger partial charge in [-0.3, -0.25) is 4.79 Å². The largest absolute Gasteiger partial charge is 0.329 e. The molecule has 0 aliphatic rings. The Morgan fingerprint density at radius 3 is 2.39 bits per heavy atom. The van der Waals surface area contributed by atoms with Gasteiger partial charge in [-0.2, -0.15) is 0 Å². The van der Waals surface area contributed by atoms with Crippen molar-refractivity contribution in [3.05, 3.63) is 58.3 Å². The number of nitrogens with one attached hydrogen (secondary N) is 3. The fraction of sp³-hybridized carbons (Fsp3) is 0.0667. The van der Waals surface area contributed by atoms with Gasteiger partial charge in [0.2, 0.25) is 5.91 Å². The van der Waals surface area contributed by atoms with Crippen LogP contribution in [0.2, 0.25) is 10.0 Å². The molecule has 120 valence electrons. The van der Waals surface area contributed by atoms with Crippen molar-refractivity contribution < 1.29 is 14.0 Å². The van der Waals surface area contributed by atoms with Crippen LogP contribution < -0.4 is 16.0 Å². The molecule has 3 amide bonds. The van der Waals surface area contributed by atoms with E-state index in [2.05, 4.69) is 16.0 Å². The number of carbonyl (C=O) groups is 2. The van der Waals surface area contributed by atoms with Gasteiger partial charge in [-0.05, 0) is 36.4 Å². The summed E-state index contributed by atoms with van der Waals surface area (Å²) >= 11 is 11.8. The minimum Gasteiger partial charge on any atom is -0.329 e. The maximum atomic E-state index is 12.7. The number of hydrogen-bond acceptors (Lipinski definition) is 2. The molecule has 2 aromatic carbocycles. The number of hydrogen-bond donors (Lipinski definition) is 3. The Morgan fingerprint density at radius 2 is 1.70 bits per heavy atom. The number of rotatable bonds is 4. The molecule has 0 saturated carbocycles. The van der Waals surface area contributed by atoms with Crippen molar-refractivity contribution in [2.45, 2.75) is 0 Å². The summed E-state index contributed by atoms with van der Waals surface area (Å²) in [6, 6.07) is 9.45. The molecule has 0 aliphatic heterocycles. The van der Waals surface area contributed by atoms with Crippen LogP contribution in [0.15, 0.2) is 42.5 Å². The highest BCUT2D eigenvalue weighted by molar-refractivity contribution is 6.43. The summed E-state index contributed by atoms with van der Waals surface area (Å²) in [6.45, 7) is -0.263. The van der Waals surface area contributed by atoms with Crippen LogP contribution in [0.4, 0.5) is 20.6 Å². The molecule has 0 spiro atoms. The van der Waals surface area contributed by atoms with Crippen molar-refractivity contribution in [3.8, 4) is 0 Å². The van der Waals surface area contributed by atoms with Crippen molar-refractivity contribution in [2.24, 2.45) is 0 Å². The SMILES string of the molecule is O=C(CNC(=O)Nc1cccc(Cl)c1Cl)Nc1ccc(F)cc1. The first-order valence-electron chi connectivity index (χ1n) is 6.50. The molecule has 23 heavy (non-hydrogen) atoms. The Morgan fingerprint density at radius 1 is 1.00 bits per heavy atom. The summed E-state index contributed by atoms with van der Waals surface area (Å²) in [4.78, 5) is 23.4. The van der Waals surface area contributed by atoms with E-state index in [4.69, 9.17) is 23.2 Å². The fourth-order valence-electron chi connectivity index (χ4n) is 1.67. The lowest BCUT2D eigenvalue weighted by Crippen LogP contribution is -2.35. The Hall–Kier alpha value is -2.31. The van der Waals surface area contributed by atoms with Crippen LogP contribution in [0.5, 0.6) is 0 Å². The van der Waals surface area contributed by atoms with Crippen LogP contribution in [0, 0.1) is 5.82 Å². The number of anilines is 2. The van der Waals surface area contributed by atoms with Crippen LogP contribution in [0.1, 0.15) is 0 Å². The van der Waals surface area contributed by atoms with Gasteiger partial charge in [0.05, 0.1) is 22.3 Å². The second-order valence-corrected chi connectivity index (χ2v) is 5.25. The third-order valence-electron chi connectivity index (χ3n) is 2.74. The monoisotopic (exact) mass is 355 g/mol. The second-order valence-electron chi connectivity index (χ2n) is 4.46. The standard InChI is InChI=1S/C15H12Cl2FN3O2/c16-11-2-1-3-12(14(11)17)21-15(23)19-8-13(22)20-10-6-4-9(18)5-7-10/h1-7H,8H2,(H,20,22)(H2,19,21,23). The molecule has 0 fully saturated rings. The third-order valence-corrected chi connectivity index (χ3v) is 3.56. The molecule has 3 N–H and O–H groups in total. The average Bonchev–Trinajstić information content (AvgIpc) is 2.52. The fourth-order valence-corrected chi connectivity index (χ4v) is 2.01. The van der Waals surface area contributed by atoms with Gasteiger partial charge in [-0.1, -0.05) is 29.3 Å². The molecule has 5 nitrogen and oxygen atoms in total. The van der Waals surface area contributed by atoms with Crippen LogP contribution in [-0.2, 0) is 4.79 Å². The Balaban J connectivity index is 1.83. The van der Waals surface area contributed by atoms with E-state index in [1.165, 1.54) is 24.3 Å². The van der Waals surface area contributed by atoms with E-state index in [1.807, 2.05) is 0 Å². The molecule has 0 heterocycles. The van der Waals surface area contributed by atoms with Gasteiger partial charge in [0, 0.05) is 5.69 Å². The van der Waals surface area contributed by atoms with Crippen LogP contribution in [0.25, 0.3) is 0 Å². The second kappa shape index (κ2) is 7.80. The molecule has 2 aromatic rings. The number of benzene rings is 2. The van der Waals surface area contributed by atoms with E-state index >= 15 is 0 Å². The number of amides is 3. The molecule has 0 bridgehead atoms. The first-order chi connectivity index (χ1) is 11.0. The van der Waals surface area contributed by atoms with Crippen molar-refractivity contribution in [3.63, 3.8) is 0 Å². The van der Waals surface area contributed by atoms with Gasteiger partial charge in [-0.25, -0.2) is 9.18 Å². The molecular weight excluding hydrogens is 344 g/mol. The van der Waals surface area contributed by atoms with Crippen LogP contribution in [-0.4, -0.2) is 18.5 Å². The van der Waals surface area contributed by atoms with Crippen molar-refractivity contribution in [1.82, 2.24) is 5.32 Å². The number of carbonyl (C=O) groups excluding carboxylic acids is 2. The van der Waals surface area contributed by atoms with Crippen molar-refractivity contribution >= 4 is 46.5 Å². The van der Waals surface area contributed by atoms with E-state index < -0.39 is 17.8 Å². The van der Waals surface area contributed by atoms with Gasteiger partial charge >= 0.3 is 6.03 Å². The predicted molar refractivity (Wildman–Crippen MR) is 88.5 cm³/mol. The maximum Gasteiger partial charge on any atom is 0.319 e. The summed E-state index contributed by atoms with van der Waals surface area (Å²) in [5, 5.41) is 7.88. The normalized spacial score (nSPS) is 10.0. The summed E-state index contributed by atoms with van der Waals surface area (Å²) in [5.41, 5.74) is 0.757. The topological polar surface area (TPSA) is 70.2 Å². The highest BCUT2D eigenvalue weighted by Gasteiger charge is 2.09. The molecule has 0 atom stereocenters. The molecule has 8 heteroatoms. The van der Waals surface area contributed by atoms with Gasteiger partial charge < -0.3 is 16.0 Å². The lowest BCUT2D eigenvalue weighted by Gasteiger charge is -2.10. The highest BCUT2D eigenvalue weighted by atomic mass is 35.5. The Kier molecular flexibility index (Phi) is 5.78. The van der Waals surface area contributed by atoms with Crippen molar-refractivity contribution in [2.75, 3.05) is 17.2 Å². The smallest absolute Gasteiger partial charge is 0.319 e. The number of halogens is 3. The maximum absolute atomic E-state index is 12.7. The zero-order valence-electron chi connectivity index (χ0n) is 11.7. The number of urea groups is 1. The highest BCUT2D eigenvalue weighted by Crippen LogP contribution is 2.29. The van der Waals surface area contributed by atoms with Gasteiger partial charge in [0.15, 0.2) is 0 Å². The minimum atomic E-state index is -0.608. The van der Waals surface area contributed by atoms with Crippen LogP contribution in [0.3, 0.4) is 0 Å². The van der Waals surface area contributed by atoms with E-state index in [1.54, 1.807) is 18.2 Å². The first-order valence-corrected chi connectivity index (χ1v) is 7.25. The summed E-state index contributed by atoms with van der Waals surface area (Å²) in [7, 11) is 0.